The van der Waals surface area contributed by atoms with E-state index in [0.29, 0.717) is 11.1 Å². The average Bonchev–Trinajstić information content (AvgIpc) is 2.23. The van der Waals surface area contributed by atoms with Crippen molar-refractivity contribution >= 4 is 5.52 Å². The van der Waals surface area contributed by atoms with Crippen molar-refractivity contribution in [1.29, 1.82) is 0 Å². The summed E-state index contributed by atoms with van der Waals surface area (Å²) in [5, 5.41) is 0. The Balaban J connectivity index is 2.88. The van der Waals surface area contributed by atoms with E-state index in [1.54, 1.807) is 13.0 Å². The topological polar surface area (TPSA) is 47.5 Å². The Bertz CT molecular complexity index is 602. The molecule has 1 atom stereocenters. The number of fused-ring (bicyclic) bond motifs is 1. The van der Waals surface area contributed by atoms with Gasteiger partial charge < -0.3 is 5.73 Å². The molecule has 0 spiro atoms. The average molecular weight is 220 g/mol. The summed E-state index contributed by atoms with van der Waals surface area (Å²) in [6, 6.07) is 4.51. The number of hydrogen-bond acceptors (Lipinski definition) is 2. The normalized spacial score (nSPS) is 13.0. The van der Waals surface area contributed by atoms with E-state index < -0.39 is 5.82 Å². The largest absolute Gasteiger partial charge is 0.324 e. The van der Waals surface area contributed by atoms with Gasteiger partial charge in [0.1, 0.15) is 5.82 Å². The number of hydrogen-bond donors (Lipinski definition) is 1. The van der Waals surface area contributed by atoms with Crippen molar-refractivity contribution in [1.82, 2.24) is 4.40 Å². The zero-order chi connectivity index (χ0) is 11.9. The van der Waals surface area contributed by atoms with Gasteiger partial charge >= 0.3 is 0 Å². The first-order valence-corrected chi connectivity index (χ1v) is 5.07. The van der Waals surface area contributed by atoms with Crippen LogP contribution in [0.1, 0.15) is 24.1 Å². The highest BCUT2D eigenvalue weighted by atomic mass is 19.1. The molecule has 2 rings (SSSR count). The van der Waals surface area contributed by atoms with E-state index in [9.17, 15) is 9.18 Å². The van der Waals surface area contributed by atoms with Crippen LogP contribution in [0.2, 0.25) is 0 Å². The minimum atomic E-state index is -0.428. The lowest BCUT2D eigenvalue weighted by molar-refractivity contribution is 0.617. The van der Waals surface area contributed by atoms with E-state index in [2.05, 4.69) is 0 Å². The van der Waals surface area contributed by atoms with Gasteiger partial charge in [-0.15, -0.1) is 0 Å². The van der Waals surface area contributed by atoms with Gasteiger partial charge in [-0.2, -0.15) is 0 Å². The van der Waals surface area contributed by atoms with Gasteiger partial charge in [0.15, 0.2) is 0 Å². The van der Waals surface area contributed by atoms with Crippen molar-refractivity contribution in [3.05, 3.63) is 51.7 Å². The van der Waals surface area contributed by atoms with E-state index in [0.717, 1.165) is 5.56 Å². The SMILES string of the molecule is Cc1c(C(C)N)cc2ccc(F)cn2c1=O. The summed E-state index contributed by atoms with van der Waals surface area (Å²) in [4.78, 5) is 11.9. The molecule has 0 saturated carbocycles. The minimum Gasteiger partial charge on any atom is -0.324 e. The van der Waals surface area contributed by atoms with Gasteiger partial charge in [0.2, 0.25) is 0 Å². The van der Waals surface area contributed by atoms with E-state index in [1.165, 1.54) is 16.7 Å². The Hall–Kier alpha value is -1.68. The summed E-state index contributed by atoms with van der Waals surface area (Å²) >= 11 is 0. The van der Waals surface area contributed by atoms with Crippen molar-refractivity contribution in [3.8, 4) is 0 Å². The van der Waals surface area contributed by atoms with Gasteiger partial charge in [-0.25, -0.2) is 4.39 Å². The molecule has 2 aromatic rings. The lowest BCUT2D eigenvalue weighted by atomic mass is 10.0. The summed E-state index contributed by atoms with van der Waals surface area (Å²) < 4.78 is 14.3. The zero-order valence-electron chi connectivity index (χ0n) is 9.20. The molecule has 16 heavy (non-hydrogen) atoms. The van der Waals surface area contributed by atoms with Gasteiger partial charge in [-0.1, -0.05) is 0 Å². The third-order valence-corrected chi connectivity index (χ3v) is 2.71. The maximum atomic E-state index is 13.0. The van der Waals surface area contributed by atoms with Crippen LogP contribution in [0.4, 0.5) is 4.39 Å². The Kier molecular flexibility index (Phi) is 2.52. The van der Waals surface area contributed by atoms with Crippen molar-refractivity contribution in [2.75, 3.05) is 0 Å². The molecule has 4 heteroatoms. The molecule has 0 amide bonds. The Morgan fingerprint density at radius 1 is 1.44 bits per heavy atom. The molecule has 0 bridgehead atoms. The minimum absolute atomic E-state index is 0.206. The molecule has 2 heterocycles. The van der Waals surface area contributed by atoms with Crippen molar-refractivity contribution < 1.29 is 4.39 Å². The molecule has 0 aliphatic heterocycles. The quantitative estimate of drug-likeness (QED) is 0.796. The molecule has 2 aromatic heterocycles. The highest BCUT2D eigenvalue weighted by Crippen LogP contribution is 2.15. The molecule has 0 radical (unpaired) electrons. The van der Waals surface area contributed by atoms with Crippen LogP contribution in [0.25, 0.3) is 5.52 Å². The van der Waals surface area contributed by atoms with E-state index >= 15 is 0 Å². The van der Waals surface area contributed by atoms with Crippen LogP contribution < -0.4 is 11.3 Å². The van der Waals surface area contributed by atoms with Crippen molar-refractivity contribution in [2.45, 2.75) is 19.9 Å². The summed E-state index contributed by atoms with van der Waals surface area (Å²) in [6.45, 7) is 3.53. The molecular weight excluding hydrogens is 207 g/mol. The van der Waals surface area contributed by atoms with Crippen LogP contribution in [0, 0.1) is 12.7 Å². The van der Waals surface area contributed by atoms with Crippen LogP contribution >= 0.6 is 0 Å². The van der Waals surface area contributed by atoms with Crippen molar-refractivity contribution in [3.63, 3.8) is 0 Å². The zero-order valence-corrected chi connectivity index (χ0v) is 9.20. The highest BCUT2D eigenvalue weighted by Gasteiger charge is 2.10. The number of nitrogens with two attached hydrogens (primary N) is 1. The van der Waals surface area contributed by atoms with Gasteiger partial charge in [0, 0.05) is 23.3 Å². The Morgan fingerprint density at radius 3 is 2.75 bits per heavy atom. The van der Waals surface area contributed by atoms with Crippen molar-refractivity contribution in [2.24, 2.45) is 5.73 Å². The number of rotatable bonds is 1. The summed E-state index contributed by atoms with van der Waals surface area (Å²) in [7, 11) is 0. The monoisotopic (exact) mass is 220 g/mol. The molecule has 2 N–H and O–H groups in total. The first-order valence-electron chi connectivity index (χ1n) is 5.07. The van der Waals surface area contributed by atoms with E-state index in [-0.39, 0.29) is 11.6 Å². The lowest BCUT2D eigenvalue weighted by Gasteiger charge is -2.11. The maximum absolute atomic E-state index is 13.0. The number of nitrogens with zero attached hydrogens (tertiary/aromatic N) is 1. The molecular formula is C12H13FN2O. The fourth-order valence-corrected chi connectivity index (χ4v) is 1.82. The van der Waals surface area contributed by atoms with Crippen LogP contribution in [-0.4, -0.2) is 4.40 Å². The smallest absolute Gasteiger partial charge is 0.258 e. The van der Waals surface area contributed by atoms with Gasteiger partial charge in [0.05, 0.1) is 0 Å². The Labute approximate surface area is 92.3 Å². The predicted molar refractivity (Wildman–Crippen MR) is 61.0 cm³/mol. The maximum Gasteiger partial charge on any atom is 0.258 e. The summed E-state index contributed by atoms with van der Waals surface area (Å²) in [5.74, 6) is -0.428. The lowest BCUT2D eigenvalue weighted by Crippen LogP contribution is -2.21. The number of aromatic nitrogens is 1. The summed E-state index contributed by atoms with van der Waals surface area (Å²) in [5.41, 5.74) is 7.59. The molecule has 0 fully saturated rings. The van der Waals surface area contributed by atoms with Crippen LogP contribution in [-0.2, 0) is 0 Å². The fraction of sp³-hybridized carbons (Fsp3) is 0.250. The molecule has 0 aromatic carbocycles. The van der Waals surface area contributed by atoms with Gasteiger partial charge in [-0.05, 0) is 37.6 Å². The molecule has 84 valence electrons. The third-order valence-electron chi connectivity index (χ3n) is 2.71. The second kappa shape index (κ2) is 3.72. The second-order valence-corrected chi connectivity index (χ2v) is 3.96. The van der Waals surface area contributed by atoms with E-state index in [4.69, 9.17) is 5.73 Å². The molecule has 0 saturated heterocycles. The summed E-state index contributed by atoms with van der Waals surface area (Å²) in [6.07, 6.45) is 1.19. The molecule has 1 unspecified atom stereocenters. The second-order valence-electron chi connectivity index (χ2n) is 3.96. The predicted octanol–water partition coefficient (Wildman–Crippen LogP) is 1.77. The number of pyridine rings is 2. The Morgan fingerprint density at radius 2 is 2.12 bits per heavy atom. The van der Waals surface area contributed by atoms with Crippen LogP contribution in [0.15, 0.2) is 29.2 Å². The van der Waals surface area contributed by atoms with E-state index in [1.807, 2.05) is 13.0 Å². The van der Waals surface area contributed by atoms with Crippen LogP contribution in [0.5, 0.6) is 0 Å². The fourth-order valence-electron chi connectivity index (χ4n) is 1.82. The molecule has 0 aliphatic rings. The highest BCUT2D eigenvalue weighted by molar-refractivity contribution is 5.51. The molecule has 0 aliphatic carbocycles. The third kappa shape index (κ3) is 1.61. The standard InChI is InChI=1S/C12H13FN2O/c1-7-11(8(2)14)5-10-4-3-9(13)6-15(10)12(7)16/h3-6,8H,14H2,1-2H3. The van der Waals surface area contributed by atoms with Gasteiger partial charge in [-0.3, -0.25) is 9.20 Å². The molecule has 3 nitrogen and oxygen atoms in total. The first kappa shape index (κ1) is 10.8. The number of halogens is 1. The van der Waals surface area contributed by atoms with Crippen LogP contribution in [0.3, 0.4) is 0 Å². The first-order chi connectivity index (χ1) is 7.50. The van der Waals surface area contributed by atoms with Gasteiger partial charge in [0.25, 0.3) is 5.56 Å².